The first-order valence-corrected chi connectivity index (χ1v) is 8.46. The summed E-state index contributed by atoms with van der Waals surface area (Å²) in [6.07, 6.45) is 4.63. The van der Waals surface area contributed by atoms with Crippen LogP contribution in [0.15, 0.2) is 11.4 Å². The van der Waals surface area contributed by atoms with Gasteiger partial charge in [-0.05, 0) is 79.3 Å². The third-order valence-corrected chi connectivity index (χ3v) is 6.70. The minimum Gasteiger partial charge on any atom is -0.310 e. The van der Waals surface area contributed by atoms with Gasteiger partial charge in [0.2, 0.25) is 0 Å². The summed E-state index contributed by atoms with van der Waals surface area (Å²) in [7, 11) is 0. The second kappa shape index (κ2) is 4.08. The molecule has 1 N–H and O–H groups in total. The zero-order valence-electron chi connectivity index (χ0n) is 11.4. The van der Waals surface area contributed by atoms with E-state index in [1.54, 1.807) is 12.0 Å². The number of aryl methyl sites for hydroxylation is 1. The summed E-state index contributed by atoms with van der Waals surface area (Å²) < 4.78 is 0. The number of fused-ring (bicyclic) bond motifs is 5. The topological polar surface area (TPSA) is 12.0 Å². The predicted octanol–water partition coefficient (Wildman–Crippen LogP) is 4.00. The number of hydrogen-bond acceptors (Lipinski definition) is 2. The molecule has 0 amide bonds. The van der Waals surface area contributed by atoms with Gasteiger partial charge in [0.15, 0.2) is 0 Å². The van der Waals surface area contributed by atoms with E-state index < -0.39 is 0 Å². The van der Waals surface area contributed by atoms with Gasteiger partial charge < -0.3 is 5.32 Å². The Morgan fingerprint density at radius 3 is 2.61 bits per heavy atom. The molecule has 0 saturated heterocycles. The lowest BCUT2D eigenvalue weighted by Gasteiger charge is -2.21. The molecule has 18 heavy (non-hydrogen) atoms. The van der Waals surface area contributed by atoms with Crippen molar-refractivity contribution in [3.8, 4) is 0 Å². The van der Waals surface area contributed by atoms with Gasteiger partial charge in [-0.3, -0.25) is 0 Å². The second-order valence-corrected chi connectivity index (χ2v) is 7.65. The van der Waals surface area contributed by atoms with Crippen molar-refractivity contribution in [2.45, 2.75) is 39.2 Å². The highest BCUT2D eigenvalue weighted by atomic mass is 32.1. The lowest BCUT2D eigenvalue weighted by atomic mass is 9.93. The Hall–Kier alpha value is -0.340. The Morgan fingerprint density at radius 1 is 1.33 bits per heavy atom. The molecular formula is C16H23NS. The second-order valence-electron chi connectivity index (χ2n) is 6.53. The molecule has 0 radical (unpaired) electrons. The van der Waals surface area contributed by atoms with Crippen LogP contribution in [0.2, 0.25) is 0 Å². The summed E-state index contributed by atoms with van der Waals surface area (Å²) in [6, 6.07) is 3.02. The fourth-order valence-electron chi connectivity index (χ4n) is 5.23. The molecule has 98 valence electrons. The minimum absolute atomic E-state index is 0.652. The Balaban J connectivity index is 1.60. The molecule has 2 bridgehead atoms. The monoisotopic (exact) mass is 261 g/mol. The number of hydrogen-bond donors (Lipinski definition) is 1. The molecule has 3 fully saturated rings. The fraction of sp³-hybridized carbons (Fsp3) is 0.750. The fourth-order valence-corrected chi connectivity index (χ4v) is 5.98. The van der Waals surface area contributed by atoms with Crippen LogP contribution in [0.3, 0.4) is 0 Å². The van der Waals surface area contributed by atoms with E-state index in [2.05, 4.69) is 30.6 Å². The molecule has 1 aromatic heterocycles. The normalized spacial score (nSPS) is 42.0. The first-order chi connectivity index (χ1) is 8.81. The van der Waals surface area contributed by atoms with Gasteiger partial charge in [-0.2, -0.15) is 0 Å². The van der Waals surface area contributed by atoms with E-state index in [0.29, 0.717) is 6.04 Å². The van der Waals surface area contributed by atoms with Crippen LogP contribution in [0.5, 0.6) is 0 Å². The molecule has 4 rings (SSSR count). The van der Waals surface area contributed by atoms with Crippen LogP contribution in [0.4, 0.5) is 0 Å². The van der Waals surface area contributed by atoms with Crippen molar-refractivity contribution < 1.29 is 0 Å². The van der Waals surface area contributed by atoms with E-state index in [0.717, 1.165) is 36.1 Å². The molecule has 2 heteroatoms. The SMILES string of the molecule is CCNC(c1ccsc1C)C1C2C3CCC(C3)C21. The van der Waals surface area contributed by atoms with Crippen LogP contribution >= 0.6 is 11.3 Å². The van der Waals surface area contributed by atoms with Gasteiger partial charge in [0.25, 0.3) is 0 Å². The molecule has 3 aliphatic rings. The summed E-state index contributed by atoms with van der Waals surface area (Å²) in [5, 5.41) is 6.06. The molecule has 3 saturated carbocycles. The van der Waals surface area contributed by atoms with Gasteiger partial charge in [0.05, 0.1) is 0 Å². The molecule has 1 nitrogen and oxygen atoms in total. The van der Waals surface area contributed by atoms with Gasteiger partial charge >= 0.3 is 0 Å². The van der Waals surface area contributed by atoms with Gasteiger partial charge in [0.1, 0.15) is 0 Å². The smallest absolute Gasteiger partial charge is 0.0365 e. The van der Waals surface area contributed by atoms with Gasteiger partial charge in [-0.15, -0.1) is 11.3 Å². The zero-order chi connectivity index (χ0) is 12.3. The predicted molar refractivity (Wildman–Crippen MR) is 76.8 cm³/mol. The maximum absolute atomic E-state index is 3.79. The number of thiophene rings is 1. The highest BCUT2D eigenvalue weighted by Crippen LogP contribution is 2.72. The van der Waals surface area contributed by atoms with Crippen LogP contribution < -0.4 is 5.32 Å². The summed E-state index contributed by atoms with van der Waals surface area (Å²) in [5.41, 5.74) is 1.60. The van der Waals surface area contributed by atoms with Gasteiger partial charge in [-0.1, -0.05) is 6.92 Å². The molecule has 5 atom stereocenters. The summed E-state index contributed by atoms with van der Waals surface area (Å²) >= 11 is 1.91. The van der Waals surface area contributed by atoms with Crippen molar-refractivity contribution in [2.24, 2.45) is 29.6 Å². The first kappa shape index (κ1) is 11.5. The van der Waals surface area contributed by atoms with Crippen molar-refractivity contribution in [2.75, 3.05) is 6.54 Å². The lowest BCUT2D eigenvalue weighted by molar-refractivity contribution is 0.374. The van der Waals surface area contributed by atoms with E-state index in [-0.39, 0.29) is 0 Å². The van der Waals surface area contributed by atoms with Crippen molar-refractivity contribution >= 4 is 11.3 Å². The largest absolute Gasteiger partial charge is 0.310 e. The van der Waals surface area contributed by atoms with Crippen molar-refractivity contribution in [1.29, 1.82) is 0 Å². The Kier molecular flexibility index (Phi) is 2.60. The maximum atomic E-state index is 3.79. The average molecular weight is 261 g/mol. The zero-order valence-corrected chi connectivity index (χ0v) is 12.2. The summed E-state index contributed by atoms with van der Waals surface area (Å²) in [5.74, 6) is 5.29. The number of nitrogens with one attached hydrogen (secondary N) is 1. The molecule has 0 aliphatic heterocycles. The molecule has 0 spiro atoms. The molecule has 1 aromatic rings. The molecule has 3 aliphatic carbocycles. The van der Waals surface area contributed by atoms with Crippen LogP contribution in [-0.2, 0) is 0 Å². The number of rotatable bonds is 4. The van der Waals surface area contributed by atoms with E-state index in [1.807, 2.05) is 11.3 Å². The van der Waals surface area contributed by atoms with Crippen LogP contribution in [0.25, 0.3) is 0 Å². The Labute approximate surface area is 114 Å². The molecule has 0 aromatic carbocycles. The van der Waals surface area contributed by atoms with E-state index in [1.165, 1.54) is 17.7 Å². The van der Waals surface area contributed by atoms with Crippen molar-refractivity contribution in [3.63, 3.8) is 0 Å². The minimum atomic E-state index is 0.652. The quantitative estimate of drug-likeness (QED) is 0.864. The Morgan fingerprint density at radius 2 is 2.06 bits per heavy atom. The average Bonchev–Trinajstić information content (AvgIpc) is 2.72. The summed E-state index contributed by atoms with van der Waals surface area (Å²) in [6.45, 7) is 5.64. The maximum Gasteiger partial charge on any atom is 0.0365 e. The standard InChI is InChI=1S/C16H23NS/c1-3-17-16(12-6-7-18-9(12)2)15-13-10-4-5-11(8-10)14(13)15/h6-7,10-11,13-17H,3-5,8H2,1-2H3. The van der Waals surface area contributed by atoms with E-state index >= 15 is 0 Å². The molecule has 5 unspecified atom stereocenters. The van der Waals surface area contributed by atoms with Crippen LogP contribution in [-0.4, -0.2) is 6.54 Å². The third-order valence-electron chi connectivity index (χ3n) is 5.84. The van der Waals surface area contributed by atoms with E-state index in [4.69, 9.17) is 0 Å². The van der Waals surface area contributed by atoms with E-state index in [9.17, 15) is 0 Å². The summed E-state index contributed by atoms with van der Waals surface area (Å²) in [4.78, 5) is 1.53. The lowest BCUT2D eigenvalue weighted by Crippen LogP contribution is -2.25. The van der Waals surface area contributed by atoms with Gasteiger partial charge in [0, 0.05) is 10.9 Å². The highest BCUT2D eigenvalue weighted by Gasteiger charge is 2.66. The Bertz CT molecular complexity index is 436. The van der Waals surface area contributed by atoms with Crippen molar-refractivity contribution in [1.82, 2.24) is 5.32 Å². The molecular weight excluding hydrogens is 238 g/mol. The van der Waals surface area contributed by atoms with Crippen LogP contribution in [0.1, 0.15) is 42.7 Å². The van der Waals surface area contributed by atoms with Crippen LogP contribution in [0, 0.1) is 36.5 Å². The van der Waals surface area contributed by atoms with Gasteiger partial charge in [-0.25, -0.2) is 0 Å². The third kappa shape index (κ3) is 1.48. The first-order valence-electron chi connectivity index (χ1n) is 7.58. The molecule has 1 heterocycles. The van der Waals surface area contributed by atoms with Crippen molar-refractivity contribution in [3.05, 3.63) is 21.9 Å². The highest BCUT2D eigenvalue weighted by molar-refractivity contribution is 7.10.